The Kier molecular flexibility index (Phi) is 2.16. The van der Waals surface area contributed by atoms with Gasteiger partial charge in [-0.15, -0.1) is 0 Å². The highest BCUT2D eigenvalue weighted by molar-refractivity contribution is 5.83. The van der Waals surface area contributed by atoms with Crippen molar-refractivity contribution in [1.29, 1.82) is 0 Å². The minimum atomic E-state index is 0.0142. The molecule has 4 fully saturated rings. The van der Waals surface area contributed by atoms with Gasteiger partial charge in [-0.25, -0.2) is 0 Å². The van der Waals surface area contributed by atoms with Crippen molar-refractivity contribution < 1.29 is 14.3 Å². The summed E-state index contributed by atoms with van der Waals surface area (Å²) >= 11 is 0. The summed E-state index contributed by atoms with van der Waals surface area (Å²) in [6.45, 7) is 0. The van der Waals surface area contributed by atoms with Crippen LogP contribution in [0.5, 0.6) is 0 Å². The van der Waals surface area contributed by atoms with Crippen LogP contribution < -0.4 is 0 Å². The summed E-state index contributed by atoms with van der Waals surface area (Å²) in [7, 11) is 0. The molecule has 0 aromatic carbocycles. The van der Waals surface area contributed by atoms with Gasteiger partial charge in [0.05, 0.1) is 5.92 Å². The zero-order chi connectivity index (χ0) is 13.4. The fourth-order valence-electron chi connectivity index (χ4n) is 5.89. The van der Waals surface area contributed by atoms with Crippen LogP contribution in [0.15, 0.2) is 12.2 Å². The number of esters is 1. The normalized spacial score (nSPS) is 53.9. The first-order valence-electron chi connectivity index (χ1n) is 8.12. The number of carbonyl (C=O) groups is 2. The molecule has 3 heteroatoms. The van der Waals surface area contributed by atoms with Gasteiger partial charge < -0.3 is 4.74 Å². The van der Waals surface area contributed by atoms with Crippen molar-refractivity contribution in [1.82, 2.24) is 0 Å². The van der Waals surface area contributed by atoms with Crippen molar-refractivity contribution in [3.05, 3.63) is 12.2 Å². The first-order chi connectivity index (χ1) is 9.70. The smallest absolute Gasteiger partial charge is 0.309 e. The van der Waals surface area contributed by atoms with E-state index in [9.17, 15) is 9.59 Å². The van der Waals surface area contributed by atoms with E-state index >= 15 is 0 Å². The monoisotopic (exact) mass is 272 g/mol. The minimum Gasteiger partial charge on any atom is -0.462 e. The number of hydrogen-bond donors (Lipinski definition) is 0. The second-order valence-electron chi connectivity index (χ2n) is 7.62. The molecule has 0 aromatic heterocycles. The van der Waals surface area contributed by atoms with Gasteiger partial charge in [0.15, 0.2) is 0 Å². The quantitative estimate of drug-likeness (QED) is 0.585. The van der Waals surface area contributed by atoms with E-state index in [4.69, 9.17) is 4.74 Å². The van der Waals surface area contributed by atoms with Crippen LogP contribution in [0.2, 0.25) is 0 Å². The van der Waals surface area contributed by atoms with Gasteiger partial charge in [-0.3, -0.25) is 9.59 Å². The van der Waals surface area contributed by atoms with E-state index in [-0.39, 0.29) is 23.9 Å². The summed E-state index contributed by atoms with van der Waals surface area (Å²) in [6.07, 6.45) is 9.63. The molecule has 3 saturated carbocycles. The lowest BCUT2D eigenvalue weighted by molar-refractivity contribution is -0.145. The fourth-order valence-corrected chi connectivity index (χ4v) is 5.89. The summed E-state index contributed by atoms with van der Waals surface area (Å²) in [5, 5.41) is 0. The molecule has 0 N–H and O–H groups in total. The molecule has 1 aliphatic heterocycles. The van der Waals surface area contributed by atoms with Gasteiger partial charge in [-0.05, 0) is 43.4 Å². The molecule has 1 heterocycles. The van der Waals surface area contributed by atoms with E-state index in [0.717, 1.165) is 19.3 Å². The first-order valence-corrected chi connectivity index (χ1v) is 8.12. The number of fused-ring (bicyclic) bond motifs is 3. The molecule has 0 radical (unpaired) electrons. The van der Waals surface area contributed by atoms with E-state index in [2.05, 4.69) is 12.2 Å². The molecule has 4 bridgehead atoms. The minimum absolute atomic E-state index is 0.0142. The number of hydrogen-bond acceptors (Lipinski definition) is 3. The van der Waals surface area contributed by atoms with Crippen LogP contribution in [0.3, 0.4) is 0 Å². The molecule has 5 rings (SSSR count). The van der Waals surface area contributed by atoms with Crippen molar-refractivity contribution >= 4 is 11.8 Å². The van der Waals surface area contributed by atoms with Gasteiger partial charge >= 0.3 is 5.97 Å². The predicted octanol–water partition coefficient (Wildman–Crippen LogP) is 2.36. The van der Waals surface area contributed by atoms with Crippen LogP contribution >= 0.6 is 0 Å². The third-order valence-electron chi connectivity index (χ3n) is 6.78. The zero-order valence-electron chi connectivity index (χ0n) is 11.5. The molecule has 0 aromatic rings. The molecule has 0 amide bonds. The number of allylic oxidation sites excluding steroid dienone is 2. The maximum atomic E-state index is 12.6. The van der Waals surface area contributed by atoms with Gasteiger partial charge in [0.2, 0.25) is 0 Å². The Hall–Kier alpha value is -1.12. The largest absolute Gasteiger partial charge is 0.462 e. The Balaban J connectivity index is 1.32. The molecule has 3 nitrogen and oxygen atoms in total. The third kappa shape index (κ3) is 1.36. The van der Waals surface area contributed by atoms with E-state index < -0.39 is 0 Å². The van der Waals surface area contributed by atoms with Crippen molar-refractivity contribution in [2.75, 3.05) is 0 Å². The Labute approximate surface area is 118 Å². The SMILES string of the molecule is O=C(CC1C2CC3C(=O)OC1C3C2)C1CC2C=CC1C2. The van der Waals surface area contributed by atoms with Crippen molar-refractivity contribution in [3.63, 3.8) is 0 Å². The molecule has 5 aliphatic rings. The van der Waals surface area contributed by atoms with Crippen LogP contribution in [-0.2, 0) is 14.3 Å². The first kappa shape index (κ1) is 11.5. The maximum Gasteiger partial charge on any atom is 0.309 e. The lowest BCUT2D eigenvalue weighted by Gasteiger charge is -2.27. The van der Waals surface area contributed by atoms with Gasteiger partial charge in [-0.2, -0.15) is 0 Å². The summed E-state index contributed by atoms with van der Waals surface area (Å²) in [5.74, 6) is 3.38. The fraction of sp³-hybridized carbons (Fsp3) is 0.765. The van der Waals surface area contributed by atoms with Crippen LogP contribution in [0, 0.1) is 41.4 Å². The molecule has 0 spiro atoms. The number of ether oxygens (including phenoxy) is 1. The van der Waals surface area contributed by atoms with Crippen molar-refractivity contribution in [3.8, 4) is 0 Å². The molecule has 1 saturated heterocycles. The van der Waals surface area contributed by atoms with Crippen LogP contribution in [0.25, 0.3) is 0 Å². The number of carbonyl (C=O) groups excluding carboxylic acids is 2. The maximum absolute atomic E-state index is 12.6. The molecule has 106 valence electrons. The van der Waals surface area contributed by atoms with Crippen molar-refractivity contribution in [2.24, 2.45) is 41.4 Å². The number of rotatable bonds is 3. The Morgan fingerprint density at radius 1 is 1.20 bits per heavy atom. The van der Waals surface area contributed by atoms with Crippen molar-refractivity contribution in [2.45, 2.75) is 38.2 Å². The Morgan fingerprint density at radius 3 is 2.85 bits per heavy atom. The van der Waals surface area contributed by atoms with Gasteiger partial charge in [-0.1, -0.05) is 12.2 Å². The molecule has 8 atom stereocenters. The summed E-state index contributed by atoms with van der Waals surface area (Å²) in [5.41, 5.74) is 0. The van der Waals surface area contributed by atoms with E-state index in [1.54, 1.807) is 0 Å². The van der Waals surface area contributed by atoms with E-state index in [1.165, 1.54) is 6.42 Å². The second kappa shape index (κ2) is 3.75. The van der Waals surface area contributed by atoms with E-state index in [0.29, 0.717) is 41.8 Å². The Morgan fingerprint density at radius 2 is 2.10 bits per heavy atom. The lowest BCUT2D eigenvalue weighted by Crippen LogP contribution is -2.31. The molecule has 20 heavy (non-hydrogen) atoms. The number of ketones is 1. The van der Waals surface area contributed by atoms with Gasteiger partial charge in [0.25, 0.3) is 0 Å². The molecule has 4 aliphatic carbocycles. The highest BCUT2D eigenvalue weighted by Gasteiger charge is 2.61. The lowest BCUT2D eigenvalue weighted by atomic mass is 9.77. The van der Waals surface area contributed by atoms with Gasteiger partial charge in [0.1, 0.15) is 11.9 Å². The predicted molar refractivity (Wildman–Crippen MR) is 71.5 cm³/mol. The molecule has 8 unspecified atom stereocenters. The highest BCUT2D eigenvalue weighted by Crippen LogP contribution is 2.58. The summed E-state index contributed by atoms with van der Waals surface area (Å²) in [4.78, 5) is 24.4. The number of Topliss-reactive ketones (excluding diaryl/α,β-unsaturated/α-hetero) is 1. The van der Waals surface area contributed by atoms with Crippen LogP contribution in [-0.4, -0.2) is 17.9 Å². The standard InChI is InChI=1S/C17H20O3/c18-15(11-4-8-1-2-9(11)3-8)7-12-10-5-13-14(6-10)17(19)20-16(12)13/h1-2,8-14,16H,3-7H2. The van der Waals surface area contributed by atoms with Crippen LogP contribution in [0.1, 0.15) is 32.1 Å². The van der Waals surface area contributed by atoms with E-state index in [1.807, 2.05) is 0 Å². The summed E-state index contributed by atoms with van der Waals surface area (Å²) in [6, 6.07) is 0. The zero-order valence-corrected chi connectivity index (χ0v) is 11.5. The topological polar surface area (TPSA) is 43.4 Å². The molecular formula is C17H20O3. The second-order valence-corrected chi connectivity index (χ2v) is 7.62. The third-order valence-corrected chi connectivity index (χ3v) is 6.78. The summed E-state index contributed by atoms with van der Waals surface area (Å²) < 4.78 is 5.57. The average Bonchev–Trinajstić information content (AvgIpc) is 3.19. The van der Waals surface area contributed by atoms with Gasteiger partial charge in [0, 0.05) is 24.2 Å². The molecular weight excluding hydrogens is 252 g/mol. The average molecular weight is 272 g/mol. The van der Waals surface area contributed by atoms with Crippen LogP contribution in [0.4, 0.5) is 0 Å². The Bertz CT molecular complexity index is 522. The highest BCUT2D eigenvalue weighted by atomic mass is 16.6.